The van der Waals surface area contributed by atoms with Gasteiger partial charge < -0.3 is 15.0 Å². The third-order valence-electron chi connectivity index (χ3n) is 4.74. The average molecular weight is 402 g/mol. The van der Waals surface area contributed by atoms with Crippen molar-refractivity contribution in [2.75, 3.05) is 26.7 Å². The first-order valence-electron chi connectivity index (χ1n) is 8.91. The number of carbonyl (C=O) groups is 2. The van der Waals surface area contributed by atoms with Crippen LogP contribution in [0.2, 0.25) is 0 Å². The summed E-state index contributed by atoms with van der Waals surface area (Å²) in [5, 5.41) is 1.95. The topological polar surface area (TPSA) is 92.8 Å². The molecule has 1 heterocycles. The minimum Gasteiger partial charge on any atom is -0.497 e. The van der Waals surface area contributed by atoms with E-state index in [9.17, 15) is 18.0 Å². The first kappa shape index (κ1) is 19.9. The summed E-state index contributed by atoms with van der Waals surface area (Å²) < 4.78 is 30.5. The van der Waals surface area contributed by atoms with Gasteiger partial charge in [0.05, 0.1) is 23.8 Å². The number of ether oxygens (including phenoxy) is 1. The van der Waals surface area contributed by atoms with Crippen molar-refractivity contribution in [1.82, 2.24) is 10.2 Å². The summed E-state index contributed by atoms with van der Waals surface area (Å²) in [6.07, 6.45) is 0.382. The van der Waals surface area contributed by atoms with Gasteiger partial charge in [-0.2, -0.15) is 0 Å². The van der Waals surface area contributed by atoms with Gasteiger partial charge in [-0.3, -0.25) is 9.59 Å². The maximum Gasteiger partial charge on any atom is 0.251 e. The number of likely N-dealkylation sites (tertiary alicyclic amines) is 1. The molecule has 3 rings (SSSR count). The molecule has 8 heteroatoms. The lowest BCUT2D eigenvalue weighted by molar-refractivity contribution is -0.129. The SMILES string of the molecule is COc1cccc(C(=O)NCC(=O)N2CCC(S(=O)(=O)c3ccccc3)C2)c1. The number of nitrogens with one attached hydrogen (secondary N) is 1. The summed E-state index contributed by atoms with van der Waals surface area (Å²) in [6.45, 7) is 0.295. The quantitative estimate of drug-likeness (QED) is 0.791. The van der Waals surface area contributed by atoms with E-state index in [0.717, 1.165) is 0 Å². The fourth-order valence-corrected chi connectivity index (χ4v) is 4.86. The highest BCUT2D eigenvalue weighted by atomic mass is 32.2. The second-order valence-corrected chi connectivity index (χ2v) is 8.75. The number of methoxy groups -OCH3 is 1. The summed E-state index contributed by atoms with van der Waals surface area (Å²) >= 11 is 0. The summed E-state index contributed by atoms with van der Waals surface area (Å²) in [6, 6.07) is 14.9. The van der Waals surface area contributed by atoms with E-state index in [-0.39, 0.29) is 29.8 Å². The van der Waals surface area contributed by atoms with Crippen molar-refractivity contribution >= 4 is 21.7 Å². The molecule has 2 aromatic carbocycles. The van der Waals surface area contributed by atoms with Gasteiger partial charge in [0.1, 0.15) is 5.75 Å². The third kappa shape index (κ3) is 4.33. The molecule has 0 aromatic heterocycles. The standard InChI is InChI=1S/C20H22N2O5S/c1-27-16-7-5-6-15(12-16)20(24)21-13-19(23)22-11-10-18(14-22)28(25,26)17-8-3-2-4-9-17/h2-9,12,18H,10-11,13-14H2,1H3,(H,21,24). The summed E-state index contributed by atoms with van der Waals surface area (Å²) in [7, 11) is -1.97. The van der Waals surface area contributed by atoms with Crippen LogP contribution < -0.4 is 10.1 Å². The molecule has 0 saturated carbocycles. The molecule has 2 aromatic rings. The third-order valence-corrected chi connectivity index (χ3v) is 6.93. The number of nitrogens with zero attached hydrogens (tertiary/aromatic N) is 1. The Morgan fingerprint density at radius 3 is 2.61 bits per heavy atom. The molecule has 1 aliphatic heterocycles. The Bertz CT molecular complexity index is 960. The van der Waals surface area contributed by atoms with E-state index in [2.05, 4.69) is 5.32 Å². The van der Waals surface area contributed by atoms with E-state index in [4.69, 9.17) is 4.74 Å². The maximum atomic E-state index is 12.7. The van der Waals surface area contributed by atoms with Crippen molar-refractivity contribution in [3.05, 3.63) is 60.2 Å². The molecule has 7 nitrogen and oxygen atoms in total. The van der Waals surface area contributed by atoms with Crippen LogP contribution in [0.3, 0.4) is 0 Å². The lowest BCUT2D eigenvalue weighted by atomic mass is 10.2. The smallest absolute Gasteiger partial charge is 0.251 e. The lowest BCUT2D eigenvalue weighted by Gasteiger charge is -2.17. The fraction of sp³-hybridized carbons (Fsp3) is 0.300. The molecule has 0 aliphatic carbocycles. The molecule has 1 aliphatic rings. The van der Waals surface area contributed by atoms with E-state index in [1.807, 2.05) is 0 Å². The van der Waals surface area contributed by atoms with E-state index in [1.165, 1.54) is 12.0 Å². The molecule has 2 amide bonds. The molecule has 1 atom stereocenters. The molecule has 0 bridgehead atoms. The Hall–Kier alpha value is -2.87. The monoisotopic (exact) mass is 402 g/mol. The number of rotatable bonds is 6. The van der Waals surface area contributed by atoms with Gasteiger partial charge >= 0.3 is 0 Å². The Kier molecular flexibility index (Phi) is 5.99. The highest BCUT2D eigenvalue weighted by Gasteiger charge is 2.35. The van der Waals surface area contributed by atoms with Crippen LogP contribution in [0.25, 0.3) is 0 Å². The van der Waals surface area contributed by atoms with Crippen molar-refractivity contribution in [2.45, 2.75) is 16.6 Å². The first-order valence-corrected chi connectivity index (χ1v) is 10.5. The fourth-order valence-electron chi connectivity index (χ4n) is 3.14. The van der Waals surface area contributed by atoms with Crippen molar-refractivity contribution < 1.29 is 22.7 Å². The predicted octanol–water partition coefficient (Wildman–Crippen LogP) is 1.50. The molecular formula is C20H22N2O5S. The predicted molar refractivity (Wildman–Crippen MR) is 104 cm³/mol. The second kappa shape index (κ2) is 8.43. The Morgan fingerprint density at radius 2 is 1.89 bits per heavy atom. The zero-order valence-corrected chi connectivity index (χ0v) is 16.3. The maximum absolute atomic E-state index is 12.7. The van der Waals surface area contributed by atoms with E-state index in [0.29, 0.717) is 24.3 Å². The Labute approximate surface area is 164 Å². The van der Waals surface area contributed by atoms with Crippen LogP contribution in [0.15, 0.2) is 59.5 Å². The molecular weight excluding hydrogens is 380 g/mol. The van der Waals surface area contributed by atoms with Crippen LogP contribution in [0, 0.1) is 0 Å². The number of amides is 2. The molecule has 0 spiro atoms. The van der Waals surface area contributed by atoms with Gasteiger partial charge in [0, 0.05) is 18.7 Å². The Balaban J connectivity index is 1.57. The molecule has 1 saturated heterocycles. The number of hydrogen-bond acceptors (Lipinski definition) is 5. The second-order valence-electron chi connectivity index (χ2n) is 6.52. The van der Waals surface area contributed by atoms with Gasteiger partial charge in [0.2, 0.25) is 5.91 Å². The molecule has 1 unspecified atom stereocenters. The Morgan fingerprint density at radius 1 is 1.14 bits per heavy atom. The van der Waals surface area contributed by atoms with E-state index in [1.54, 1.807) is 54.6 Å². The molecule has 1 fully saturated rings. The van der Waals surface area contributed by atoms with Crippen LogP contribution >= 0.6 is 0 Å². The van der Waals surface area contributed by atoms with Crippen LogP contribution in [0.5, 0.6) is 5.75 Å². The summed E-state index contributed by atoms with van der Waals surface area (Å²) in [4.78, 5) is 26.4. The number of sulfone groups is 1. The minimum absolute atomic E-state index is 0.130. The molecule has 1 N–H and O–H groups in total. The number of carbonyl (C=O) groups excluding carboxylic acids is 2. The number of hydrogen-bond donors (Lipinski definition) is 1. The van der Waals surface area contributed by atoms with Crippen LogP contribution in [-0.2, 0) is 14.6 Å². The average Bonchev–Trinajstić information content (AvgIpc) is 3.23. The van der Waals surface area contributed by atoms with Crippen molar-refractivity contribution in [2.24, 2.45) is 0 Å². The van der Waals surface area contributed by atoms with Crippen LogP contribution in [0.4, 0.5) is 0 Å². The lowest BCUT2D eigenvalue weighted by Crippen LogP contribution is -2.40. The van der Waals surface area contributed by atoms with Crippen LogP contribution in [0.1, 0.15) is 16.8 Å². The highest BCUT2D eigenvalue weighted by molar-refractivity contribution is 7.92. The van der Waals surface area contributed by atoms with Gasteiger partial charge in [0.25, 0.3) is 5.91 Å². The van der Waals surface area contributed by atoms with Crippen molar-refractivity contribution in [1.29, 1.82) is 0 Å². The molecule has 148 valence electrons. The van der Waals surface area contributed by atoms with Crippen molar-refractivity contribution in [3.8, 4) is 5.75 Å². The van der Waals surface area contributed by atoms with E-state index < -0.39 is 15.1 Å². The molecule has 0 radical (unpaired) electrons. The van der Waals surface area contributed by atoms with Crippen molar-refractivity contribution in [3.63, 3.8) is 0 Å². The summed E-state index contributed by atoms with van der Waals surface area (Å²) in [5.41, 5.74) is 0.387. The van der Waals surface area contributed by atoms with Gasteiger partial charge in [-0.1, -0.05) is 24.3 Å². The molecule has 28 heavy (non-hydrogen) atoms. The summed E-state index contributed by atoms with van der Waals surface area (Å²) in [5.74, 6) is -0.144. The van der Waals surface area contributed by atoms with E-state index >= 15 is 0 Å². The first-order chi connectivity index (χ1) is 13.4. The number of benzene rings is 2. The van der Waals surface area contributed by atoms with Gasteiger partial charge in [-0.15, -0.1) is 0 Å². The normalized spacial score (nSPS) is 16.6. The van der Waals surface area contributed by atoms with Gasteiger partial charge in [-0.05, 0) is 36.8 Å². The van der Waals surface area contributed by atoms with Gasteiger partial charge in [0.15, 0.2) is 9.84 Å². The van der Waals surface area contributed by atoms with Gasteiger partial charge in [-0.25, -0.2) is 8.42 Å². The highest BCUT2D eigenvalue weighted by Crippen LogP contribution is 2.23. The minimum atomic E-state index is -3.48. The largest absolute Gasteiger partial charge is 0.497 e. The zero-order valence-electron chi connectivity index (χ0n) is 15.5. The van der Waals surface area contributed by atoms with Crippen LogP contribution in [-0.4, -0.2) is 57.1 Å². The zero-order chi connectivity index (χ0) is 20.1.